The Hall–Kier alpha value is -1.90. The first-order chi connectivity index (χ1) is 12.3. The minimum absolute atomic E-state index is 0.0684. The van der Waals surface area contributed by atoms with Crippen LogP contribution in [0, 0.1) is 5.92 Å². The maximum absolute atomic E-state index is 10.4. The van der Waals surface area contributed by atoms with Gasteiger partial charge in [-0.3, -0.25) is 0 Å². The van der Waals surface area contributed by atoms with E-state index >= 15 is 0 Å². The summed E-state index contributed by atoms with van der Waals surface area (Å²) in [5.74, 6) is 0.552. The highest BCUT2D eigenvalue weighted by molar-refractivity contribution is 5.21. The van der Waals surface area contributed by atoms with Gasteiger partial charge in [-0.05, 0) is 29.9 Å². The van der Waals surface area contributed by atoms with E-state index in [0.717, 1.165) is 5.56 Å². The zero-order valence-corrected chi connectivity index (χ0v) is 14.8. The summed E-state index contributed by atoms with van der Waals surface area (Å²) in [5.41, 5.74) is 2.12. The van der Waals surface area contributed by atoms with Gasteiger partial charge in [0.05, 0.1) is 18.8 Å². The molecule has 1 saturated carbocycles. The second-order valence-corrected chi connectivity index (χ2v) is 6.90. The van der Waals surface area contributed by atoms with Crippen LogP contribution in [0.3, 0.4) is 0 Å². The maximum Gasteiger partial charge on any atom is 0.0972 e. The van der Waals surface area contributed by atoms with Gasteiger partial charge in [0.1, 0.15) is 0 Å². The lowest BCUT2D eigenvalue weighted by molar-refractivity contribution is 0.0201. The van der Waals surface area contributed by atoms with Gasteiger partial charge in [0.2, 0.25) is 0 Å². The summed E-state index contributed by atoms with van der Waals surface area (Å²) in [4.78, 5) is 0. The minimum Gasteiger partial charge on any atom is -0.384 e. The predicted molar refractivity (Wildman–Crippen MR) is 102 cm³/mol. The van der Waals surface area contributed by atoms with Crippen LogP contribution in [0.4, 0.5) is 0 Å². The van der Waals surface area contributed by atoms with E-state index in [-0.39, 0.29) is 6.10 Å². The van der Waals surface area contributed by atoms with Crippen LogP contribution in [0.5, 0.6) is 0 Å². The van der Waals surface area contributed by atoms with E-state index in [1.54, 1.807) is 0 Å². The molecule has 2 aromatic rings. The third-order valence-corrected chi connectivity index (χ3v) is 5.02. The number of aliphatic hydroxyl groups is 1. The summed E-state index contributed by atoms with van der Waals surface area (Å²) in [7, 11) is 0. The van der Waals surface area contributed by atoms with E-state index < -0.39 is 6.10 Å². The Morgan fingerprint density at radius 3 is 2.20 bits per heavy atom. The van der Waals surface area contributed by atoms with Gasteiger partial charge in [0.25, 0.3) is 0 Å². The van der Waals surface area contributed by atoms with Crippen molar-refractivity contribution >= 4 is 0 Å². The van der Waals surface area contributed by atoms with Crippen molar-refractivity contribution < 1.29 is 9.84 Å². The molecular formula is C23H28O2. The summed E-state index contributed by atoms with van der Waals surface area (Å²) in [6.45, 7) is 0.619. The predicted octanol–water partition coefficient (Wildman–Crippen LogP) is 5.44. The highest BCUT2D eigenvalue weighted by atomic mass is 16.5. The van der Waals surface area contributed by atoms with E-state index in [4.69, 9.17) is 4.74 Å². The molecule has 2 aromatic carbocycles. The van der Waals surface area contributed by atoms with Gasteiger partial charge in [-0.2, -0.15) is 0 Å². The van der Waals surface area contributed by atoms with Crippen LogP contribution < -0.4 is 0 Å². The smallest absolute Gasteiger partial charge is 0.0972 e. The van der Waals surface area contributed by atoms with Crippen LogP contribution in [0.2, 0.25) is 0 Å². The van der Waals surface area contributed by atoms with Crippen molar-refractivity contribution in [3.8, 4) is 0 Å². The van der Waals surface area contributed by atoms with Crippen LogP contribution in [-0.4, -0.2) is 11.2 Å². The van der Waals surface area contributed by atoms with Gasteiger partial charge in [-0.15, -0.1) is 0 Å². The number of benzene rings is 2. The van der Waals surface area contributed by atoms with Gasteiger partial charge in [0, 0.05) is 0 Å². The van der Waals surface area contributed by atoms with Gasteiger partial charge in [0.15, 0.2) is 0 Å². The van der Waals surface area contributed by atoms with Gasteiger partial charge < -0.3 is 9.84 Å². The van der Waals surface area contributed by atoms with E-state index in [1.807, 2.05) is 54.6 Å². The monoisotopic (exact) mass is 336 g/mol. The zero-order valence-electron chi connectivity index (χ0n) is 14.8. The van der Waals surface area contributed by atoms with E-state index in [2.05, 4.69) is 18.2 Å². The number of hydrogen-bond donors (Lipinski definition) is 1. The van der Waals surface area contributed by atoms with Crippen molar-refractivity contribution in [3.63, 3.8) is 0 Å². The third kappa shape index (κ3) is 5.55. The topological polar surface area (TPSA) is 29.5 Å². The van der Waals surface area contributed by atoms with Gasteiger partial charge in [-0.25, -0.2) is 0 Å². The number of ether oxygens (including phenoxy) is 1. The van der Waals surface area contributed by atoms with Crippen molar-refractivity contribution in [1.29, 1.82) is 0 Å². The Bertz CT molecular complexity index is 630. The van der Waals surface area contributed by atoms with Crippen LogP contribution >= 0.6 is 0 Å². The van der Waals surface area contributed by atoms with Crippen LogP contribution in [0.15, 0.2) is 72.8 Å². The average molecular weight is 336 g/mol. The molecule has 25 heavy (non-hydrogen) atoms. The molecule has 0 bridgehead atoms. The molecule has 0 aromatic heterocycles. The first kappa shape index (κ1) is 17.9. The molecule has 0 amide bonds. The Labute approximate surface area is 151 Å². The summed E-state index contributed by atoms with van der Waals surface area (Å²) in [6.07, 6.45) is 9.78. The highest BCUT2D eigenvalue weighted by Gasteiger charge is 2.22. The molecule has 0 radical (unpaired) electrons. The van der Waals surface area contributed by atoms with Crippen LogP contribution in [-0.2, 0) is 11.3 Å². The molecule has 1 aliphatic carbocycles. The van der Waals surface area contributed by atoms with E-state index in [0.29, 0.717) is 12.5 Å². The van der Waals surface area contributed by atoms with E-state index in [9.17, 15) is 5.11 Å². The molecule has 0 saturated heterocycles. The fraction of sp³-hybridized carbons (Fsp3) is 0.391. The fourth-order valence-electron chi connectivity index (χ4n) is 3.55. The SMILES string of the molecule is O[C@H](/C=C/[C@@H](OCc1ccccc1)C1CCCCC1)c1ccccc1. The maximum atomic E-state index is 10.4. The lowest BCUT2D eigenvalue weighted by Gasteiger charge is -2.28. The van der Waals surface area contributed by atoms with Crippen LogP contribution in [0.25, 0.3) is 0 Å². The van der Waals surface area contributed by atoms with E-state index in [1.165, 1.54) is 37.7 Å². The zero-order chi connectivity index (χ0) is 17.3. The quantitative estimate of drug-likeness (QED) is 0.682. The second kappa shape index (κ2) is 9.55. The molecule has 0 unspecified atom stereocenters. The summed E-state index contributed by atoms with van der Waals surface area (Å²) < 4.78 is 6.26. The molecule has 132 valence electrons. The van der Waals surface area contributed by atoms with Gasteiger partial charge >= 0.3 is 0 Å². The Balaban J connectivity index is 1.66. The van der Waals surface area contributed by atoms with Crippen molar-refractivity contribution in [1.82, 2.24) is 0 Å². The summed E-state index contributed by atoms with van der Waals surface area (Å²) in [6, 6.07) is 20.1. The largest absolute Gasteiger partial charge is 0.384 e. The number of hydrogen-bond acceptors (Lipinski definition) is 2. The molecule has 0 aliphatic heterocycles. The molecule has 2 nitrogen and oxygen atoms in total. The lowest BCUT2D eigenvalue weighted by Crippen LogP contribution is -2.24. The van der Waals surface area contributed by atoms with Crippen molar-refractivity contribution in [2.24, 2.45) is 5.92 Å². The summed E-state index contributed by atoms with van der Waals surface area (Å²) >= 11 is 0. The Kier molecular flexibility index (Phi) is 6.84. The van der Waals surface area contributed by atoms with Crippen LogP contribution in [0.1, 0.15) is 49.3 Å². The minimum atomic E-state index is -0.576. The molecule has 2 heteroatoms. The third-order valence-electron chi connectivity index (χ3n) is 5.02. The standard InChI is InChI=1S/C23H28O2/c24-22(20-12-6-2-7-13-20)16-17-23(21-14-8-3-9-15-21)25-18-19-10-4-1-5-11-19/h1-2,4-7,10-13,16-17,21-24H,3,8-9,14-15,18H2/b17-16+/t22-,23-/m1/s1. The molecule has 1 N–H and O–H groups in total. The molecule has 3 rings (SSSR count). The highest BCUT2D eigenvalue weighted by Crippen LogP contribution is 2.29. The average Bonchev–Trinajstić information content (AvgIpc) is 2.70. The first-order valence-electron chi connectivity index (χ1n) is 9.40. The molecule has 0 spiro atoms. The number of rotatable bonds is 7. The van der Waals surface area contributed by atoms with Gasteiger partial charge in [-0.1, -0.05) is 92.1 Å². The fourth-order valence-corrected chi connectivity index (χ4v) is 3.55. The number of aliphatic hydroxyl groups excluding tert-OH is 1. The van der Waals surface area contributed by atoms with Crippen molar-refractivity contribution in [2.45, 2.75) is 50.9 Å². The summed E-state index contributed by atoms with van der Waals surface area (Å²) in [5, 5.41) is 10.4. The van der Waals surface area contributed by atoms with Crippen molar-refractivity contribution in [2.75, 3.05) is 0 Å². The molecule has 0 heterocycles. The Morgan fingerprint density at radius 2 is 1.52 bits per heavy atom. The Morgan fingerprint density at radius 1 is 0.880 bits per heavy atom. The molecule has 2 atom stereocenters. The molecule has 1 fully saturated rings. The molecular weight excluding hydrogens is 308 g/mol. The normalized spacial score (nSPS) is 18.3. The first-order valence-corrected chi connectivity index (χ1v) is 9.40. The lowest BCUT2D eigenvalue weighted by atomic mass is 9.85. The second-order valence-electron chi connectivity index (χ2n) is 6.90. The van der Waals surface area contributed by atoms with Crippen molar-refractivity contribution in [3.05, 3.63) is 83.9 Å². The molecule has 1 aliphatic rings.